The Morgan fingerprint density at radius 3 is 2.27 bits per heavy atom. The number of rotatable bonds is 13. The molecule has 9 heteroatoms. The second-order valence-electron chi connectivity index (χ2n) is 15.2. The first kappa shape index (κ1) is 38.1. The van der Waals surface area contributed by atoms with E-state index in [2.05, 4.69) is 44.3 Å². The van der Waals surface area contributed by atoms with Crippen LogP contribution < -0.4 is 19.6 Å². The number of para-hydroxylation sites is 3. The number of hydrogen-bond donors (Lipinski definition) is 1. The molecule has 0 aromatic heterocycles. The first-order valence-corrected chi connectivity index (χ1v) is 22.3. The van der Waals surface area contributed by atoms with Gasteiger partial charge < -0.3 is 24.2 Å². The Kier molecular flexibility index (Phi) is 11.5. The van der Waals surface area contributed by atoms with E-state index < -0.39 is 8.07 Å². The first-order chi connectivity index (χ1) is 26.7. The van der Waals surface area contributed by atoms with Gasteiger partial charge in [0.2, 0.25) is 5.91 Å². The zero-order chi connectivity index (χ0) is 38.5. The third kappa shape index (κ3) is 8.10. The highest BCUT2D eigenvalue weighted by atomic mass is 28.3. The van der Waals surface area contributed by atoms with Gasteiger partial charge in [0.1, 0.15) is 11.5 Å². The molecule has 7 rings (SSSR count). The van der Waals surface area contributed by atoms with Crippen molar-refractivity contribution in [3.8, 4) is 17.2 Å². The fourth-order valence-corrected chi connectivity index (χ4v) is 12.7. The molecule has 0 saturated carbocycles. The van der Waals surface area contributed by atoms with E-state index in [4.69, 9.17) is 14.2 Å². The van der Waals surface area contributed by atoms with Crippen LogP contribution in [0.5, 0.6) is 17.2 Å². The van der Waals surface area contributed by atoms with Crippen LogP contribution in [0, 0.1) is 5.92 Å². The van der Waals surface area contributed by atoms with E-state index in [-0.39, 0.29) is 55.1 Å². The number of benzene rings is 5. The minimum absolute atomic E-state index is 0.0130. The standard InChI is InChI=1S/C46H50N2O6Si/c1-32-40(26-21-33-15-12-16-35(29-33)48-39-18-9-11-20-42(39)54-41-19-10-8-17-38(41)46(48)51)53-43(45(32)55(3,4)37-24-22-36(52-2)23-25-37)30-44(50)47(27-28-49)31-34-13-6-5-7-14-34/h5-20,22-25,29,32,40,43,45,49H,21,26-28,30-31H2,1-4H3/t32-,40+,43-,45+/m0/s1. The van der Waals surface area contributed by atoms with Crippen LogP contribution in [0.3, 0.4) is 0 Å². The molecule has 1 fully saturated rings. The van der Waals surface area contributed by atoms with Crippen LogP contribution in [-0.2, 0) is 22.5 Å². The van der Waals surface area contributed by atoms with Crippen molar-refractivity contribution in [3.05, 3.63) is 144 Å². The normalized spacial score (nSPS) is 19.2. The van der Waals surface area contributed by atoms with E-state index in [1.165, 1.54) is 5.19 Å². The van der Waals surface area contributed by atoms with Crippen molar-refractivity contribution in [3.63, 3.8) is 0 Å². The van der Waals surface area contributed by atoms with Gasteiger partial charge in [0.25, 0.3) is 5.91 Å². The molecular formula is C46H50N2O6Si. The molecule has 0 aliphatic carbocycles. The van der Waals surface area contributed by atoms with Gasteiger partial charge in [-0.3, -0.25) is 14.5 Å². The number of ether oxygens (including phenoxy) is 3. The van der Waals surface area contributed by atoms with Crippen LogP contribution in [0.4, 0.5) is 11.4 Å². The lowest BCUT2D eigenvalue weighted by Gasteiger charge is -2.36. The van der Waals surface area contributed by atoms with Crippen LogP contribution in [0.25, 0.3) is 0 Å². The predicted octanol–water partition coefficient (Wildman–Crippen LogP) is 8.51. The molecule has 5 aromatic carbocycles. The summed E-state index contributed by atoms with van der Waals surface area (Å²) in [4.78, 5) is 31.7. The maximum Gasteiger partial charge on any atom is 0.266 e. The number of amides is 2. The van der Waals surface area contributed by atoms with E-state index >= 15 is 0 Å². The average Bonchev–Trinajstić information content (AvgIpc) is 3.45. The largest absolute Gasteiger partial charge is 0.497 e. The third-order valence-corrected chi connectivity index (χ3v) is 15.8. The number of nitrogens with zero attached hydrogens (tertiary/aromatic N) is 2. The molecule has 4 atom stereocenters. The Labute approximate surface area is 325 Å². The van der Waals surface area contributed by atoms with Crippen molar-refractivity contribution in [2.24, 2.45) is 5.92 Å². The van der Waals surface area contributed by atoms with E-state index in [0.29, 0.717) is 29.3 Å². The molecule has 55 heavy (non-hydrogen) atoms. The van der Waals surface area contributed by atoms with Gasteiger partial charge in [0.15, 0.2) is 5.75 Å². The van der Waals surface area contributed by atoms with Crippen molar-refractivity contribution >= 4 is 36.4 Å². The number of hydrogen-bond acceptors (Lipinski definition) is 6. The number of aliphatic hydroxyl groups is 1. The summed E-state index contributed by atoms with van der Waals surface area (Å²) in [5, 5.41) is 11.2. The van der Waals surface area contributed by atoms with Crippen LogP contribution in [0.1, 0.15) is 41.3 Å². The highest BCUT2D eigenvalue weighted by Gasteiger charge is 2.51. The van der Waals surface area contributed by atoms with E-state index in [9.17, 15) is 14.7 Å². The van der Waals surface area contributed by atoms with Gasteiger partial charge in [-0.1, -0.05) is 104 Å². The van der Waals surface area contributed by atoms with E-state index in [1.807, 2.05) is 97.1 Å². The molecule has 0 unspecified atom stereocenters. The van der Waals surface area contributed by atoms with Gasteiger partial charge >= 0.3 is 0 Å². The fraction of sp³-hybridized carbons (Fsp3) is 0.304. The summed E-state index contributed by atoms with van der Waals surface area (Å²) in [5.74, 6) is 2.01. The molecule has 1 saturated heterocycles. The summed E-state index contributed by atoms with van der Waals surface area (Å²) in [6, 6.07) is 41.5. The highest BCUT2D eigenvalue weighted by molar-refractivity contribution is 6.91. The Morgan fingerprint density at radius 2 is 1.53 bits per heavy atom. The molecule has 0 spiro atoms. The number of anilines is 2. The Balaban J connectivity index is 1.14. The van der Waals surface area contributed by atoms with Gasteiger partial charge in [-0.2, -0.15) is 0 Å². The molecule has 8 nitrogen and oxygen atoms in total. The molecule has 2 amide bonds. The minimum Gasteiger partial charge on any atom is -0.497 e. The lowest BCUT2D eigenvalue weighted by Crippen LogP contribution is -2.51. The first-order valence-electron chi connectivity index (χ1n) is 19.2. The average molecular weight is 755 g/mol. The molecular weight excluding hydrogens is 705 g/mol. The number of fused-ring (bicyclic) bond motifs is 2. The smallest absolute Gasteiger partial charge is 0.266 e. The SMILES string of the molecule is COc1ccc([Si](C)(C)[C@@H]2[C@@H](C)[C@@H](CCc3cccc(N4C(=O)c5ccccc5Oc5ccccc54)c3)O[C@H]2CC(=O)N(CCO)Cc2ccccc2)cc1. The summed E-state index contributed by atoms with van der Waals surface area (Å²) < 4.78 is 18.7. The van der Waals surface area contributed by atoms with E-state index in [0.717, 1.165) is 35.4 Å². The summed E-state index contributed by atoms with van der Waals surface area (Å²) in [6.07, 6.45) is 1.41. The molecule has 2 aliphatic heterocycles. The lowest BCUT2D eigenvalue weighted by molar-refractivity contribution is -0.135. The number of aryl methyl sites for hydroxylation is 1. The van der Waals surface area contributed by atoms with Crippen molar-refractivity contribution in [1.29, 1.82) is 0 Å². The van der Waals surface area contributed by atoms with Crippen LogP contribution in [0.15, 0.2) is 127 Å². The predicted molar refractivity (Wildman–Crippen MR) is 219 cm³/mol. The van der Waals surface area contributed by atoms with Crippen molar-refractivity contribution in [1.82, 2.24) is 4.90 Å². The molecule has 0 bridgehead atoms. The Bertz CT molecular complexity index is 2110. The van der Waals surface area contributed by atoms with Gasteiger partial charge in [-0.25, -0.2) is 0 Å². The number of methoxy groups -OCH3 is 1. The van der Waals surface area contributed by atoms with Crippen LogP contribution in [-0.4, -0.2) is 62.4 Å². The van der Waals surface area contributed by atoms with Gasteiger partial charge in [-0.05, 0) is 84.0 Å². The highest BCUT2D eigenvalue weighted by Crippen LogP contribution is 2.47. The summed E-state index contributed by atoms with van der Waals surface area (Å²) in [5.41, 5.74) is 4.26. The third-order valence-electron chi connectivity index (χ3n) is 11.4. The molecule has 1 N–H and O–H groups in total. The molecule has 5 aromatic rings. The molecule has 284 valence electrons. The zero-order valence-corrected chi connectivity index (χ0v) is 33.1. The minimum atomic E-state index is -2.22. The van der Waals surface area contributed by atoms with Crippen molar-refractivity contribution < 1.29 is 28.9 Å². The van der Waals surface area contributed by atoms with Gasteiger partial charge in [-0.15, -0.1) is 0 Å². The van der Waals surface area contributed by atoms with Gasteiger partial charge in [0.05, 0.1) is 51.7 Å². The molecule has 2 aliphatic rings. The summed E-state index contributed by atoms with van der Waals surface area (Å²) in [7, 11) is -0.537. The number of carbonyl (C=O) groups excluding carboxylic acids is 2. The quantitative estimate of drug-likeness (QED) is 0.121. The summed E-state index contributed by atoms with van der Waals surface area (Å²) >= 11 is 0. The zero-order valence-electron chi connectivity index (χ0n) is 32.1. The second-order valence-corrected chi connectivity index (χ2v) is 19.9. The summed E-state index contributed by atoms with van der Waals surface area (Å²) in [6.45, 7) is 7.65. The Hall–Kier alpha value is -5.22. The van der Waals surface area contributed by atoms with Crippen LogP contribution in [0.2, 0.25) is 18.6 Å². The molecule has 2 heterocycles. The lowest BCUT2D eigenvalue weighted by atomic mass is 9.94. The second kappa shape index (κ2) is 16.6. The number of carbonyl (C=O) groups is 2. The molecule has 0 radical (unpaired) electrons. The van der Waals surface area contributed by atoms with Gasteiger partial charge in [0, 0.05) is 18.8 Å². The topological polar surface area (TPSA) is 88.5 Å². The maximum atomic E-state index is 14.1. The van der Waals surface area contributed by atoms with Crippen molar-refractivity contribution in [2.75, 3.05) is 25.2 Å². The number of aliphatic hydroxyl groups excluding tert-OH is 1. The Morgan fingerprint density at radius 1 is 0.836 bits per heavy atom. The van der Waals surface area contributed by atoms with Crippen molar-refractivity contribution in [2.45, 2.75) is 63.6 Å². The van der Waals surface area contributed by atoms with Crippen LogP contribution >= 0.6 is 0 Å². The fourth-order valence-electron chi connectivity index (χ4n) is 8.59. The maximum absolute atomic E-state index is 14.1. The monoisotopic (exact) mass is 754 g/mol. The van der Waals surface area contributed by atoms with E-state index in [1.54, 1.807) is 23.0 Å².